The van der Waals surface area contributed by atoms with E-state index in [1.54, 1.807) is 27.8 Å². The van der Waals surface area contributed by atoms with Crippen LogP contribution < -0.4 is 10.5 Å². The molecule has 24 heavy (non-hydrogen) atoms. The molecular weight excluding hydrogens is 332 g/mol. The maximum atomic E-state index is 12.7. The molecule has 1 unspecified atom stereocenters. The highest BCUT2D eigenvalue weighted by Crippen LogP contribution is 2.37. The van der Waals surface area contributed by atoms with E-state index in [2.05, 4.69) is 20.0 Å². The first-order valence-corrected chi connectivity index (χ1v) is 9.28. The van der Waals surface area contributed by atoms with Crippen molar-refractivity contribution in [2.24, 2.45) is 12.8 Å². The standard InChI is InChI=1S/C14H22N6O3S/c1-8-11(10(3)20(4)17-8)24(21,22)19-9(2)12-16-13(18-23-12)14(15)6-5-7-14/h9,19H,5-7,15H2,1-4H3. The van der Waals surface area contributed by atoms with Crippen LogP contribution in [0.15, 0.2) is 9.42 Å². The molecule has 0 bridgehead atoms. The molecule has 2 aromatic heterocycles. The molecule has 2 aromatic rings. The molecule has 0 aliphatic heterocycles. The van der Waals surface area contributed by atoms with Gasteiger partial charge in [-0.3, -0.25) is 4.68 Å². The van der Waals surface area contributed by atoms with E-state index in [4.69, 9.17) is 10.3 Å². The average molecular weight is 354 g/mol. The molecule has 1 fully saturated rings. The Morgan fingerprint density at radius 1 is 1.38 bits per heavy atom. The molecule has 3 rings (SSSR count). The van der Waals surface area contributed by atoms with E-state index in [9.17, 15) is 8.42 Å². The Morgan fingerprint density at radius 2 is 2.04 bits per heavy atom. The molecule has 0 spiro atoms. The topological polar surface area (TPSA) is 129 Å². The van der Waals surface area contributed by atoms with Gasteiger partial charge in [-0.25, -0.2) is 8.42 Å². The van der Waals surface area contributed by atoms with Crippen LogP contribution in [0.3, 0.4) is 0 Å². The van der Waals surface area contributed by atoms with Gasteiger partial charge in [-0.1, -0.05) is 5.16 Å². The minimum Gasteiger partial charge on any atom is -0.338 e. The number of hydrogen-bond acceptors (Lipinski definition) is 7. The first-order chi connectivity index (χ1) is 11.1. The maximum Gasteiger partial charge on any atom is 0.244 e. The smallest absolute Gasteiger partial charge is 0.244 e. The molecule has 1 atom stereocenters. The maximum absolute atomic E-state index is 12.7. The Balaban J connectivity index is 1.82. The summed E-state index contributed by atoms with van der Waals surface area (Å²) in [6.45, 7) is 5.02. The summed E-state index contributed by atoms with van der Waals surface area (Å²) in [4.78, 5) is 4.45. The molecule has 10 heteroatoms. The van der Waals surface area contributed by atoms with Crippen LogP contribution in [0.4, 0.5) is 0 Å². The fraction of sp³-hybridized carbons (Fsp3) is 0.643. The summed E-state index contributed by atoms with van der Waals surface area (Å²) in [6, 6.07) is -0.668. The molecule has 1 aliphatic carbocycles. The van der Waals surface area contributed by atoms with Crippen LogP contribution in [0.5, 0.6) is 0 Å². The summed E-state index contributed by atoms with van der Waals surface area (Å²) in [5.74, 6) is 0.632. The second-order valence-corrected chi connectivity index (χ2v) is 8.08. The Kier molecular flexibility index (Phi) is 4.01. The molecule has 2 heterocycles. The zero-order chi connectivity index (χ0) is 17.7. The molecule has 1 aliphatic rings. The third-order valence-electron chi connectivity index (χ3n) is 4.55. The molecule has 9 nitrogen and oxygen atoms in total. The van der Waals surface area contributed by atoms with E-state index in [0.29, 0.717) is 17.2 Å². The number of aromatic nitrogens is 4. The van der Waals surface area contributed by atoms with Crippen LogP contribution in [0.2, 0.25) is 0 Å². The number of rotatable bonds is 5. The van der Waals surface area contributed by atoms with E-state index in [1.807, 2.05) is 0 Å². The largest absolute Gasteiger partial charge is 0.338 e. The van der Waals surface area contributed by atoms with E-state index < -0.39 is 21.6 Å². The van der Waals surface area contributed by atoms with Gasteiger partial charge in [0, 0.05) is 7.05 Å². The monoisotopic (exact) mass is 354 g/mol. The highest BCUT2D eigenvalue weighted by Gasteiger charge is 2.39. The van der Waals surface area contributed by atoms with E-state index in [0.717, 1.165) is 19.3 Å². The molecule has 0 aromatic carbocycles. The van der Waals surface area contributed by atoms with Crippen molar-refractivity contribution in [3.05, 3.63) is 23.1 Å². The number of nitrogens with one attached hydrogen (secondary N) is 1. The van der Waals surface area contributed by atoms with Crippen molar-refractivity contribution in [1.29, 1.82) is 0 Å². The summed E-state index contributed by atoms with van der Waals surface area (Å²) in [5, 5.41) is 8.05. The lowest BCUT2D eigenvalue weighted by molar-refractivity contribution is 0.228. The third kappa shape index (κ3) is 2.74. The van der Waals surface area contributed by atoms with Crippen LogP contribution in [-0.2, 0) is 22.6 Å². The summed E-state index contributed by atoms with van der Waals surface area (Å²) in [5.41, 5.74) is 6.62. The Hall–Kier alpha value is -1.78. The first-order valence-electron chi connectivity index (χ1n) is 7.79. The zero-order valence-electron chi connectivity index (χ0n) is 14.2. The van der Waals surface area contributed by atoms with Gasteiger partial charge in [-0.2, -0.15) is 14.8 Å². The minimum atomic E-state index is -3.76. The molecule has 132 valence electrons. The lowest BCUT2D eigenvalue weighted by Gasteiger charge is -2.34. The molecule has 0 amide bonds. The number of hydrogen-bond donors (Lipinski definition) is 2. The average Bonchev–Trinajstić information content (AvgIpc) is 3.02. The summed E-state index contributed by atoms with van der Waals surface area (Å²) >= 11 is 0. The molecule has 0 saturated heterocycles. The second kappa shape index (κ2) is 5.64. The van der Waals surface area contributed by atoms with Crippen LogP contribution in [-0.4, -0.2) is 28.3 Å². The molecular formula is C14H22N6O3S. The number of nitrogens with two attached hydrogens (primary N) is 1. The van der Waals surface area contributed by atoms with Gasteiger partial charge in [0.05, 0.1) is 23.0 Å². The van der Waals surface area contributed by atoms with Crippen LogP contribution in [0.25, 0.3) is 0 Å². The van der Waals surface area contributed by atoms with Crippen LogP contribution >= 0.6 is 0 Å². The third-order valence-corrected chi connectivity index (χ3v) is 6.34. The fourth-order valence-corrected chi connectivity index (χ4v) is 4.51. The van der Waals surface area contributed by atoms with Crippen molar-refractivity contribution in [3.8, 4) is 0 Å². The van der Waals surface area contributed by atoms with Gasteiger partial charge in [0.25, 0.3) is 0 Å². The summed E-state index contributed by atoms with van der Waals surface area (Å²) < 4.78 is 34.6. The van der Waals surface area contributed by atoms with Crippen molar-refractivity contribution >= 4 is 10.0 Å². The lowest BCUT2D eigenvalue weighted by atomic mass is 9.77. The van der Waals surface area contributed by atoms with Gasteiger partial charge in [-0.15, -0.1) is 0 Å². The fourth-order valence-electron chi connectivity index (χ4n) is 2.88. The van der Waals surface area contributed by atoms with Gasteiger partial charge < -0.3 is 10.3 Å². The summed E-state index contributed by atoms with van der Waals surface area (Å²) in [6.07, 6.45) is 2.64. The van der Waals surface area contributed by atoms with Gasteiger partial charge in [0.1, 0.15) is 4.90 Å². The van der Waals surface area contributed by atoms with Gasteiger partial charge in [-0.05, 0) is 40.0 Å². The molecule has 3 N–H and O–H groups in total. The first kappa shape index (κ1) is 17.1. The van der Waals surface area contributed by atoms with E-state index in [1.165, 1.54) is 4.68 Å². The quantitative estimate of drug-likeness (QED) is 0.812. The van der Waals surface area contributed by atoms with Crippen molar-refractivity contribution < 1.29 is 12.9 Å². The van der Waals surface area contributed by atoms with Gasteiger partial charge in [0.15, 0.2) is 5.82 Å². The molecule has 1 saturated carbocycles. The highest BCUT2D eigenvalue weighted by atomic mass is 32.2. The van der Waals surface area contributed by atoms with Crippen molar-refractivity contribution in [1.82, 2.24) is 24.6 Å². The highest BCUT2D eigenvalue weighted by molar-refractivity contribution is 7.89. The predicted molar refractivity (Wildman–Crippen MR) is 85.4 cm³/mol. The number of nitrogens with zero attached hydrogens (tertiary/aromatic N) is 4. The minimum absolute atomic E-state index is 0.172. The van der Waals surface area contributed by atoms with Crippen molar-refractivity contribution in [2.45, 2.75) is 56.5 Å². The Morgan fingerprint density at radius 3 is 2.54 bits per heavy atom. The van der Waals surface area contributed by atoms with Crippen molar-refractivity contribution in [3.63, 3.8) is 0 Å². The van der Waals surface area contributed by atoms with Gasteiger partial charge >= 0.3 is 0 Å². The molecule has 0 radical (unpaired) electrons. The predicted octanol–water partition coefficient (Wildman–Crippen LogP) is 0.797. The number of aryl methyl sites for hydroxylation is 2. The number of sulfonamides is 1. The zero-order valence-corrected chi connectivity index (χ0v) is 15.0. The Labute approximate surface area is 140 Å². The van der Waals surface area contributed by atoms with Crippen LogP contribution in [0, 0.1) is 13.8 Å². The van der Waals surface area contributed by atoms with Crippen molar-refractivity contribution in [2.75, 3.05) is 0 Å². The second-order valence-electron chi connectivity index (χ2n) is 6.43. The van der Waals surface area contributed by atoms with E-state index >= 15 is 0 Å². The lowest BCUT2D eigenvalue weighted by Crippen LogP contribution is -2.44. The summed E-state index contributed by atoms with van der Waals surface area (Å²) in [7, 11) is -2.06. The Bertz CT molecular complexity index is 865. The SMILES string of the molecule is Cc1nn(C)c(C)c1S(=O)(=O)NC(C)c1nc(C2(N)CCC2)no1. The van der Waals surface area contributed by atoms with Crippen LogP contribution in [0.1, 0.15) is 55.3 Å². The van der Waals surface area contributed by atoms with E-state index in [-0.39, 0.29) is 10.8 Å². The van der Waals surface area contributed by atoms with Gasteiger partial charge in [0.2, 0.25) is 15.9 Å². The normalized spacial score (nSPS) is 18.4.